The van der Waals surface area contributed by atoms with E-state index in [1.165, 1.54) is 32.9 Å². The SMILES string of the molecule is [2H]c1c(C(F)(F)F)c([2H])c([C@](C)(O[C@H]2OC(C)(C)C(C)(C)N(Cc3nn(P(=O)(OC)OC)c(=O)[nH]3)[C@H]2c2c(C)cc(F)cc2C)C(C)C)c(C)c1C(F)(F)F. The molecule has 0 aliphatic carbocycles. The summed E-state index contributed by atoms with van der Waals surface area (Å²) in [4.78, 5) is 17.3. The average Bonchev–Trinajstić information content (AvgIpc) is 3.39. The summed E-state index contributed by atoms with van der Waals surface area (Å²) >= 11 is 0. The summed E-state index contributed by atoms with van der Waals surface area (Å²) in [6, 6.07) is -1.92. The smallest absolute Gasteiger partial charge is 0.343 e. The predicted molar refractivity (Wildman–Crippen MR) is 182 cm³/mol. The molecule has 0 bridgehead atoms. The molecule has 296 valence electrons. The zero-order valence-corrected chi connectivity index (χ0v) is 32.4. The topological polar surface area (TPSA) is 108 Å². The Morgan fingerprint density at radius 1 is 1.00 bits per heavy atom. The molecule has 1 fully saturated rings. The Morgan fingerprint density at radius 3 is 2.00 bits per heavy atom. The lowest BCUT2D eigenvalue weighted by Crippen LogP contribution is -2.68. The second kappa shape index (κ2) is 14.2. The van der Waals surface area contributed by atoms with Gasteiger partial charge in [-0.05, 0) is 113 Å². The van der Waals surface area contributed by atoms with Crippen molar-refractivity contribution in [2.24, 2.45) is 5.92 Å². The van der Waals surface area contributed by atoms with Gasteiger partial charge in [-0.1, -0.05) is 13.8 Å². The number of rotatable bonds is 10. The molecule has 3 aromatic rings. The number of aryl methyl sites for hydroxylation is 2. The van der Waals surface area contributed by atoms with Gasteiger partial charge in [-0.2, -0.15) is 26.3 Å². The van der Waals surface area contributed by atoms with Gasteiger partial charge in [0, 0.05) is 19.8 Å². The van der Waals surface area contributed by atoms with E-state index in [2.05, 4.69) is 10.1 Å². The molecule has 18 heteroatoms. The molecule has 2 aromatic carbocycles. The number of aromatic amines is 1. The van der Waals surface area contributed by atoms with Crippen LogP contribution in [-0.2, 0) is 47.6 Å². The normalized spacial score (nSPS) is 21.4. The Morgan fingerprint density at radius 2 is 1.53 bits per heavy atom. The van der Waals surface area contributed by atoms with Crippen LogP contribution >= 0.6 is 7.75 Å². The third-order valence-corrected chi connectivity index (χ3v) is 12.1. The van der Waals surface area contributed by atoms with Crippen molar-refractivity contribution < 1.29 is 56.6 Å². The Balaban J connectivity index is 2.08. The van der Waals surface area contributed by atoms with Crippen LogP contribution in [0.25, 0.3) is 0 Å². The van der Waals surface area contributed by atoms with Crippen LogP contribution in [0, 0.1) is 32.5 Å². The van der Waals surface area contributed by atoms with E-state index in [0.717, 1.165) is 21.1 Å². The first-order chi connectivity index (χ1) is 24.9. The van der Waals surface area contributed by atoms with E-state index in [-0.39, 0.29) is 12.4 Å². The van der Waals surface area contributed by atoms with Gasteiger partial charge in [0.1, 0.15) is 11.6 Å². The van der Waals surface area contributed by atoms with Crippen molar-refractivity contribution in [3.8, 4) is 0 Å². The first kappa shape index (κ1) is 39.6. The molecule has 1 aromatic heterocycles. The number of morpholine rings is 1. The highest BCUT2D eigenvalue weighted by Gasteiger charge is 2.57. The molecule has 10 nitrogen and oxygen atoms in total. The predicted octanol–water partition coefficient (Wildman–Crippen LogP) is 8.97. The number of benzene rings is 2. The number of hydrogen-bond donors (Lipinski definition) is 1. The van der Waals surface area contributed by atoms with Crippen LogP contribution in [0.3, 0.4) is 0 Å². The second-order valence-corrected chi connectivity index (χ2v) is 16.6. The standard InChI is InChI=1S/C35H46F7N4O6P/c1-18(2)33(10,24-15-22(34(37,38)39)16-25(21(24)5)35(40,41)42)52-29-28(27-19(3)13-23(36)14-20(27)4)45(31(6,7)32(8,9)51-29)17-26-43-30(47)46(44-26)53(48,49-11)50-12/h13-16,18,28-29H,17H2,1-12H3,(H,43,44,47)/t28-,29+,33+/m0/s1/i15D,16D. The Hall–Kier alpha value is -3.08. The first-order valence-corrected chi connectivity index (χ1v) is 18.0. The number of hydrogen-bond acceptors (Lipinski definition) is 8. The Bertz CT molecular complexity index is 2000. The van der Waals surface area contributed by atoms with Gasteiger partial charge in [-0.15, -0.1) is 9.55 Å². The van der Waals surface area contributed by atoms with Crippen molar-refractivity contribution in [3.63, 3.8) is 0 Å². The number of H-pyrrole nitrogens is 1. The molecule has 0 amide bonds. The van der Waals surface area contributed by atoms with E-state index in [9.17, 15) is 40.1 Å². The zero-order chi connectivity index (χ0) is 42.2. The molecular formula is C35H46F7N4O6P. The lowest BCUT2D eigenvalue weighted by atomic mass is 9.77. The number of aromatic nitrogens is 3. The fraction of sp³-hybridized carbons (Fsp3) is 0.600. The first-order valence-electron chi connectivity index (χ1n) is 17.5. The van der Waals surface area contributed by atoms with Crippen LogP contribution in [0.1, 0.15) is 102 Å². The van der Waals surface area contributed by atoms with Crippen molar-refractivity contribution in [1.82, 2.24) is 19.4 Å². The summed E-state index contributed by atoms with van der Waals surface area (Å²) in [6.45, 7) is 15.0. The maximum atomic E-state index is 14.8. The maximum Gasteiger partial charge on any atom is 0.459 e. The minimum atomic E-state index is -5.51. The third kappa shape index (κ3) is 7.75. The minimum absolute atomic E-state index is 0.0575. The molecule has 1 saturated heterocycles. The van der Waals surface area contributed by atoms with Gasteiger partial charge in [0.2, 0.25) is 0 Å². The molecule has 0 saturated carbocycles. The molecule has 1 aliphatic heterocycles. The monoisotopic (exact) mass is 784 g/mol. The highest BCUT2D eigenvalue weighted by atomic mass is 31.2. The molecular weight excluding hydrogens is 736 g/mol. The summed E-state index contributed by atoms with van der Waals surface area (Å²) < 4.78 is 155. The highest BCUT2D eigenvalue weighted by Crippen LogP contribution is 2.52. The molecule has 0 spiro atoms. The van der Waals surface area contributed by atoms with Crippen molar-refractivity contribution in [2.75, 3.05) is 14.2 Å². The number of nitrogens with one attached hydrogen (secondary N) is 1. The van der Waals surface area contributed by atoms with E-state index in [1.807, 2.05) is 0 Å². The van der Waals surface area contributed by atoms with Crippen LogP contribution in [0.5, 0.6) is 0 Å². The van der Waals surface area contributed by atoms with Crippen LogP contribution < -0.4 is 5.69 Å². The van der Waals surface area contributed by atoms with Crippen molar-refractivity contribution in [3.05, 3.63) is 85.3 Å². The summed E-state index contributed by atoms with van der Waals surface area (Å²) in [5.41, 5.74) is -9.74. The van der Waals surface area contributed by atoms with Gasteiger partial charge < -0.3 is 9.47 Å². The Labute approximate surface area is 306 Å². The van der Waals surface area contributed by atoms with Gasteiger partial charge in [-0.25, -0.2) is 13.8 Å². The largest absolute Gasteiger partial charge is 0.459 e. The third-order valence-electron chi connectivity index (χ3n) is 10.5. The molecule has 0 radical (unpaired) electrons. The minimum Gasteiger partial charge on any atom is -0.343 e. The molecule has 4 rings (SSSR count). The molecule has 3 atom stereocenters. The van der Waals surface area contributed by atoms with E-state index in [0.29, 0.717) is 21.1 Å². The maximum absolute atomic E-state index is 14.8. The van der Waals surface area contributed by atoms with E-state index in [4.69, 9.17) is 21.3 Å². The molecule has 53 heavy (non-hydrogen) atoms. The summed E-state index contributed by atoms with van der Waals surface area (Å²) in [7, 11) is -2.12. The average molecular weight is 785 g/mol. The molecule has 1 aliphatic rings. The second-order valence-electron chi connectivity index (χ2n) is 14.6. The number of ether oxygens (including phenoxy) is 2. The quantitative estimate of drug-likeness (QED) is 0.161. The lowest BCUT2D eigenvalue weighted by molar-refractivity contribution is -0.341. The van der Waals surface area contributed by atoms with E-state index in [1.54, 1.807) is 46.4 Å². The van der Waals surface area contributed by atoms with Gasteiger partial charge in [0.05, 0.1) is 37.7 Å². The van der Waals surface area contributed by atoms with Crippen LogP contribution in [0.4, 0.5) is 30.7 Å². The van der Waals surface area contributed by atoms with Gasteiger partial charge >= 0.3 is 25.8 Å². The van der Waals surface area contributed by atoms with Gasteiger partial charge in [0.15, 0.2) is 6.29 Å². The van der Waals surface area contributed by atoms with Crippen molar-refractivity contribution >= 4 is 7.75 Å². The molecule has 2 heterocycles. The summed E-state index contributed by atoms with van der Waals surface area (Å²) in [5, 5.41) is 4.19. The molecule has 0 unspecified atom stereocenters. The fourth-order valence-corrected chi connectivity index (χ4v) is 7.58. The van der Waals surface area contributed by atoms with Crippen molar-refractivity contribution in [2.45, 2.75) is 117 Å². The fourth-order valence-electron chi connectivity index (χ4n) is 6.63. The highest BCUT2D eigenvalue weighted by molar-refractivity contribution is 7.51. The summed E-state index contributed by atoms with van der Waals surface area (Å²) in [6.07, 6.45) is -12.5. The Kier molecular flexibility index (Phi) is 10.6. The van der Waals surface area contributed by atoms with Crippen molar-refractivity contribution in [1.29, 1.82) is 0 Å². The van der Waals surface area contributed by atoms with Gasteiger partial charge in [-0.3, -0.25) is 18.9 Å². The number of nitrogens with zero attached hydrogens (tertiary/aromatic N) is 3. The van der Waals surface area contributed by atoms with Crippen LogP contribution in [-0.4, -0.2) is 51.1 Å². The van der Waals surface area contributed by atoms with Crippen LogP contribution in [0.15, 0.2) is 29.0 Å². The zero-order valence-electron chi connectivity index (χ0n) is 33.5. The van der Waals surface area contributed by atoms with E-state index < -0.39 is 101 Å². The number of halogens is 7. The van der Waals surface area contributed by atoms with Gasteiger partial charge in [0.25, 0.3) is 0 Å². The number of alkyl halides is 6. The molecule has 1 N–H and O–H groups in total. The lowest BCUT2D eigenvalue weighted by Gasteiger charge is -2.60. The van der Waals surface area contributed by atoms with E-state index >= 15 is 0 Å². The van der Waals surface area contributed by atoms with Crippen LogP contribution in [0.2, 0.25) is 0 Å². The summed E-state index contributed by atoms with van der Waals surface area (Å²) in [5.74, 6) is -1.57.